The maximum absolute atomic E-state index is 13.4. The third kappa shape index (κ3) is 4.12. The fourth-order valence-electron chi connectivity index (χ4n) is 5.39. The normalized spacial score (nSPS) is 19.5. The Bertz CT molecular complexity index is 1360. The molecule has 0 radical (unpaired) electrons. The molecule has 5 rings (SSSR count). The minimum atomic E-state index is -0.449. The smallest absolute Gasteiger partial charge is 0.294 e. The molecule has 3 heterocycles. The molecule has 2 amide bonds. The standard InChI is InChI=1S/C25H24BrN5O4/c1-27-23(32)19-10-17(26)11-21(31(34)35)22(19)29-8-6-25(14-29)7-9-30(15-25)24(33)20-13-28-12-16-4-2-3-5-18(16)20/h2-5,10-13H,6-9,14-15H2,1H3,(H,27,32)/t25-/m1/s1. The molecule has 1 spiro atoms. The van der Waals surface area contributed by atoms with E-state index in [0.717, 1.165) is 23.6 Å². The van der Waals surface area contributed by atoms with Crippen LogP contribution >= 0.6 is 15.9 Å². The Morgan fingerprint density at radius 3 is 2.66 bits per heavy atom. The van der Waals surface area contributed by atoms with Gasteiger partial charge in [0, 0.05) is 67.0 Å². The van der Waals surface area contributed by atoms with Gasteiger partial charge in [-0.3, -0.25) is 24.7 Å². The predicted molar refractivity (Wildman–Crippen MR) is 136 cm³/mol. The van der Waals surface area contributed by atoms with Gasteiger partial charge >= 0.3 is 0 Å². The highest BCUT2D eigenvalue weighted by Gasteiger charge is 2.46. The van der Waals surface area contributed by atoms with Crippen molar-refractivity contribution in [2.75, 3.05) is 38.1 Å². The molecule has 0 saturated carbocycles. The first kappa shape index (κ1) is 23.2. The van der Waals surface area contributed by atoms with Crippen LogP contribution in [-0.4, -0.2) is 59.8 Å². The van der Waals surface area contributed by atoms with Crippen LogP contribution in [0.3, 0.4) is 0 Å². The van der Waals surface area contributed by atoms with Crippen LogP contribution in [0.1, 0.15) is 33.6 Å². The van der Waals surface area contributed by atoms with Gasteiger partial charge in [-0.25, -0.2) is 0 Å². The lowest BCUT2D eigenvalue weighted by molar-refractivity contribution is -0.384. The number of amides is 2. The van der Waals surface area contributed by atoms with E-state index >= 15 is 0 Å². The minimum absolute atomic E-state index is 0.0507. The molecule has 2 saturated heterocycles. The third-order valence-corrected chi connectivity index (χ3v) is 7.56. The van der Waals surface area contributed by atoms with Crippen LogP contribution in [0, 0.1) is 15.5 Å². The molecule has 9 nitrogen and oxygen atoms in total. The summed E-state index contributed by atoms with van der Waals surface area (Å²) in [7, 11) is 1.51. The molecule has 1 N–H and O–H groups in total. The second kappa shape index (κ2) is 8.92. The number of benzene rings is 2. The number of nitro benzene ring substituents is 1. The van der Waals surface area contributed by atoms with E-state index in [4.69, 9.17) is 0 Å². The average Bonchev–Trinajstić information content (AvgIpc) is 3.48. The molecule has 35 heavy (non-hydrogen) atoms. The molecule has 2 aromatic carbocycles. The molecule has 180 valence electrons. The van der Waals surface area contributed by atoms with Gasteiger partial charge in [0.2, 0.25) is 0 Å². The second-order valence-electron chi connectivity index (χ2n) is 9.21. The van der Waals surface area contributed by atoms with E-state index in [0.29, 0.717) is 41.9 Å². The van der Waals surface area contributed by atoms with Crippen molar-refractivity contribution < 1.29 is 14.5 Å². The SMILES string of the molecule is CNC(=O)c1cc(Br)cc([N+](=O)[O-])c1N1CC[C@@]2(CCN(C(=O)c3cncc4ccccc34)C2)C1. The topological polar surface area (TPSA) is 109 Å². The second-order valence-corrected chi connectivity index (χ2v) is 10.1. The monoisotopic (exact) mass is 537 g/mol. The molecule has 0 unspecified atom stereocenters. The number of pyridine rings is 1. The molecule has 10 heteroatoms. The molecular formula is C25H24BrN5O4. The van der Waals surface area contributed by atoms with Gasteiger partial charge < -0.3 is 15.1 Å². The lowest BCUT2D eigenvalue weighted by Crippen LogP contribution is -2.34. The summed E-state index contributed by atoms with van der Waals surface area (Å²) in [6.07, 6.45) is 4.96. The Morgan fingerprint density at radius 2 is 1.89 bits per heavy atom. The Labute approximate surface area is 210 Å². The van der Waals surface area contributed by atoms with Crippen LogP contribution in [0.2, 0.25) is 0 Å². The maximum Gasteiger partial charge on any atom is 0.294 e. The summed E-state index contributed by atoms with van der Waals surface area (Å²) in [5.41, 5.74) is 0.883. The Morgan fingerprint density at radius 1 is 1.11 bits per heavy atom. The van der Waals surface area contributed by atoms with Gasteiger partial charge in [-0.15, -0.1) is 0 Å². The fraction of sp³-hybridized carbons (Fsp3) is 0.320. The largest absolute Gasteiger partial charge is 0.365 e. The number of hydrogen-bond donors (Lipinski definition) is 1. The molecule has 1 aromatic heterocycles. The number of likely N-dealkylation sites (tertiary alicyclic amines) is 1. The molecule has 1 atom stereocenters. The number of nitrogens with one attached hydrogen (secondary N) is 1. The molecule has 2 aliphatic rings. The Hall–Kier alpha value is -3.53. The van der Waals surface area contributed by atoms with Crippen LogP contribution in [0.15, 0.2) is 53.3 Å². The zero-order valence-corrected chi connectivity index (χ0v) is 20.7. The lowest BCUT2D eigenvalue weighted by atomic mass is 9.86. The zero-order chi connectivity index (χ0) is 24.7. The minimum Gasteiger partial charge on any atom is -0.365 e. The van der Waals surface area contributed by atoms with Gasteiger partial charge in [0.15, 0.2) is 0 Å². The highest BCUT2D eigenvalue weighted by atomic mass is 79.9. The number of anilines is 1. The summed E-state index contributed by atoms with van der Waals surface area (Å²) in [4.78, 5) is 45.5. The fourth-order valence-corrected chi connectivity index (χ4v) is 5.83. The summed E-state index contributed by atoms with van der Waals surface area (Å²) in [5.74, 6) is -0.428. The number of fused-ring (bicyclic) bond motifs is 1. The van der Waals surface area contributed by atoms with Crippen LogP contribution in [0.4, 0.5) is 11.4 Å². The van der Waals surface area contributed by atoms with Gasteiger partial charge in [0.05, 0.1) is 16.1 Å². The van der Waals surface area contributed by atoms with Gasteiger partial charge in [0.1, 0.15) is 5.69 Å². The molecule has 2 fully saturated rings. The quantitative estimate of drug-likeness (QED) is 0.397. The van der Waals surface area contributed by atoms with Crippen molar-refractivity contribution in [2.45, 2.75) is 12.8 Å². The van der Waals surface area contributed by atoms with Crippen molar-refractivity contribution in [3.63, 3.8) is 0 Å². The Balaban J connectivity index is 1.42. The maximum atomic E-state index is 13.4. The lowest BCUT2D eigenvalue weighted by Gasteiger charge is -2.26. The molecular weight excluding hydrogens is 514 g/mol. The number of rotatable bonds is 4. The molecule has 2 aliphatic heterocycles. The summed E-state index contributed by atoms with van der Waals surface area (Å²) >= 11 is 3.29. The first-order valence-corrected chi connectivity index (χ1v) is 12.2. The van der Waals surface area contributed by atoms with E-state index in [1.165, 1.54) is 13.1 Å². The van der Waals surface area contributed by atoms with Gasteiger partial charge in [-0.1, -0.05) is 40.2 Å². The zero-order valence-electron chi connectivity index (χ0n) is 19.2. The third-order valence-electron chi connectivity index (χ3n) is 7.10. The molecule has 0 bridgehead atoms. The highest BCUT2D eigenvalue weighted by molar-refractivity contribution is 9.10. The van der Waals surface area contributed by atoms with Crippen molar-refractivity contribution in [2.24, 2.45) is 5.41 Å². The van der Waals surface area contributed by atoms with E-state index in [1.807, 2.05) is 34.1 Å². The number of aromatic nitrogens is 1. The number of halogens is 1. The van der Waals surface area contributed by atoms with E-state index < -0.39 is 4.92 Å². The van der Waals surface area contributed by atoms with Crippen LogP contribution in [0.25, 0.3) is 10.8 Å². The van der Waals surface area contributed by atoms with Gasteiger partial charge in [-0.2, -0.15) is 0 Å². The summed E-state index contributed by atoms with van der Waals surface area (Å²) in [6, 6.07) is 10.8. The van der Waals surface area contributed by atoms with Gasteiger partial charge in [-0.05, 0) is 24.3 Å². The summed E-state index contributed by atoms with van der Waals surface area (Å²) < 4.78 is 0.474. The summed E-state index contributed by atoms with van der Waals surface area (Å²) in [6.45, 7) is 2.28. The first-order valence-electron chi connectivity index (χ1n) is 11.4. The number of nitro groups is 1. The van der Waals surface area contributed by atoms with E-state index in [9.17, 15) is 19.7 Å². The van der Waals surface area contributed by atoms with E-state index in [1.54, 1.807) is 18.5 Å². The summed E-state index contributed by atoms with van der Waals surface area (Å²) in [5, 5.41) is 16.3. The molecule has 0 aliphatic carbocycles. The number of nitrogens with zero attached hydrogens (tertiary/aromatic N) is 4. The first-order chi connectivity index (χ1) is 16.8. The van der Waals surface area contributed by atoms with Crippen molar-refractivity contribution >= 4 is 49.9 Å². The number of hydrogen-bond acceptors (Lipinski definition) is 6. The van der Waals surface area contributed by atoms with Crippen LogP contribution in [-0.2, 0) is 0 Å². The van der Waals surface area contributed by atoms with Crippen LogP contribution < -0.4 is 10.2 Å². The van der Waals surface area contributed by atoms with Crippen molar-refractivity contribution in [1.29, 1.82) is 0 Å². The molecule has 3 aromatic rings. The highest BCUT2D eigenvalue weighted by Crippen LogP contribution is 2.45. The Kier molecular flexibility index (Phi) is 5.92. The van der Waals surface area contributed by atoms with E-state index in [2.05, 4.69) is 26.2 Å². The van der Waals surface area contributed by atoms with Crippen LogP contribution in [0.5, 0.6) is 0 Å². The predicted octanol–water partition coefficient (Wildman–Crippen LogP) is 4.01. The average molecular weight is 538 g/mol. The van der Waals surface area contributed by atoms with Crippen molar-refractivity contribution in [3.8, 4) is 0 Å². The number of carbonyl (C=O) groups is 2. The van der Waals surface area contributed by atoms with Crippen molar-refractivity contribution in [1.82, 2.24) is 15.2 Å². The van der Waals surface area contributed by atoms with Crippen molar-refractivity contribution in [3.05, 3.63) is 74.5 Å². The van der Waals surface area contributed by atoms with E-state index in [-0.39, 0.29) is 28.5 Å². The number of carbonyl (C=O) groups excluding carboxylic acids is 2. The van der Waals surface area contributed by atoms with Gasteiger partial charge in [0.25, 0.3) is 17.5 Å².